The van der Waals surface area contributed by atoms with Gasteiger partial charge in [0.15, 0.2) is 0 Å². The molecule has 1 N–H and O–H groups in total. The Hall–Kier alpha value is -1.02. The molecule has 0 fully saturated rings. The molecule has 1 atom stereocenters. The molecule has 1 rings (SSSR count). The number of allylic oxidation sites excluding steroid dienone is 3. The van der Waals surface area contributed by atoms with Gasteiger partial charge in [-0.3, -0.25) is 0 Å². The predicted octanol–water partition coefficient (Wildman–Crippen LogP) is 4.37. The zero-order valence-corrected chi connectivity index (χ0v) is 13.0. The van der Waals surface area contributed by atoms with Gasteiger partial charge in [0.25, 0.3) is 0 Å². The maximum atomic E-state index is 10.3. The Morgan fingerprint density at radius 2 is 2.05 bits per heavy atom. The first kappa shape index (κ1) is 16.0. The Balaban J connectivity index is 2.84. The second-order valence-corrected chi connectivity index (χ2v) is 6.25. The molecule has 0 amide bonds. The van der Waals surface area contributed by atoms with E-state index in [1.807, 2.05) is 13.0 Å². The summed E-state index contributed by atoms with van der Waals surface area (Å²) in [6.07, 6.45) is 10.8. The van der Waals surface area contributed by atoms with Crippen LogP contribution in [0.25, 0.3) is 0 Å². The van der Waals surface area contributed by atoms with Gasteiger partial charge in [0.05, 0.1) is 12.9 Å². The van der Waals surface area contributed by atoms with Crippen molar-refractivity contribution in [2.75, 3.05) is 6.61 Å². The lowest BCUT2D eigenvalue weighted by Gasteiger charge is -2.33. The molecule has 1 unspecified atom stereocenters. The van der Waals surface area contributed by atoms with Crippen molar-refractivity contribution in [2.45, 2.75) is 59.5 Å². The summed E-state index contributed by atoms with van der Waals surface area (Å²) >= 11 is 0. The van der Waals surface area contributed by atoms with Crippen LogP contribution in [0.4, 0.5) is 0 Å². The van der Waals surface area contributed by atoms with Crippen LogP contribution in [0, 0.1) is 5.41 Å². The number of hydrogen-bond acceptors (Lipinski definition) is 2. The maximum Gasteiger partial charge on any atom is 0.102 e. The van der Waals surface area contributed by atoms with E-state index in [-0.39, 0.29) is 5.41 Å². The molecule has 0 saturated heterocycles. The van der Waals surface area contributed by atoms with Gasteiger partial charge in [-0.15, -0.1) is 0 Å². The number of hydrogen-bond donors (Lipinski definition) is 1. The van der Waals surface area contributed by atoms with Crippen LogP contribution in [0.15, 0.2) is 35.6 Å². The van der Waals surface area contributed by atoms with Gasteiger partial charge >= 0.3 is 0 Å². The van der Waals surface area contributed by atoms with E-state index in [0.29, 0.717) is 6.61 Å². The van der Waals surface area contributed by atoms with Gasteiger partial charge < -0.3 is 9.84 Å². The predicted molar refractivity (Wildman–Crippen MR) is 80.9 cm³/mol. The zero-order chi connectivity index (χ0) is 14.5. The van der Waals surface area contributed by atoms with Crippen molar-refractivity contribution in [1.82, 2.24) is 0 Å². The Morgan fingerprint density at radius 3 is 2.63 bits per heavy atom. The molecule has 2 nitrogen and oxygen atoms in total. The van der Waals surface area contributed by atoms with Gasteiger partial charge in [-0.1, -0.05) is 25.5 Å². The third-order valence-corrected chi connectivity index (χ3v) is 3.80. The van der Waals surface area contributed by atoms with Crippen molar-refractivity contribution in [3.8, 4) is 0 Å². The summed E-state index contributed by atoms with van der Waals surface area (Å²) in [6.45, 7) is 11.1. The Morgan fingerprint density at radius 1 is 1.37 bits per heavy atom. The fourth-order valence-corrected chi connectivity index (χ4v) is 2.60. The topological polar surface area (TPSA) is 29.5 Å². The van der Waals surface area contributed by atoms with Crippen LogP contribution in [0.1, 0.15) is 53.9 Å². The molecule has 19 heavy (non-hydrogen) atoms. The highest BCUT2D eigenvalue weighted by molar-refractivity contribution is 5.34. The van der Waals surface area contributed by atoms with Crippen LogP contribution in [0.5, 0.6) is 0 Å². The van der Waals surface area contributed by atoms with Crippen molar-refractivity contribution < 1.29 is 9.84 Å². The summed E-state index contributed by atoms with van der Waals surface area (Å²) in [6, 6.07) is 0. The average molecular weight is 264 g/mol. The lowest BCUT2D eigenvalue weighted by atomic mass is 9.72. The summed E-state index contributed by atoms with van der Waals surface area (Å²) in [7, 11) is 0. The van der Waals surface area contributed by atoms with E-state index in [1.54, 1.807) is 19.3 Å². The highest BCUT2D eigenvalue weighted by Gasteiger charge is 2.27. The fraction of sp³-hybridized carbons (Fsp3) is 0.647. The van der Waals surface area contributed by atoms with Gasteiger partial charge in [0.2, 0.25) is 0 Å². The third-order valence-electron chi connectivity index (χ3n) is 3.80. The van der Waals surface area contributed by atoms with Crippen LogP contribution < -0.4 is 0 Å². The third kappa shape index (κ3) is 4.87. The van der Waals surface area contributed by atoms with Gasteiger partial charge in [-0.25, -0.2) is 0 Å². The average Bonchev–Trinajstić information content (AvgIpc) is 2.27. The largest absolute Gasteiger partial charge is 0.502 e. The van der Waals surface area contributed by atoms with E-state index in [9.17, 15) is 5.11 Å². The molecule has 2 heteroatoms. The van der Waals surface area contributed by atoms with Crippen molar-refractivity contribution >= 4 is 0 Å². The Labute approximate surface area is 117 Å². The molecule has 0 aromatic carbocycles. The van der Waals surface area contributed by atoms with Gasteiger partial charge in [0, 0.05) is 0 Å². The van der Waals surface area contributed by atoms with Crippen molar-refractivity contribution in [2.24, 2.45) is 5.41 Å². The molecule has 0 aromatic rings. The molecule has 0 radical (unpaired) electrons. The van der Waals surface area contributed by atoms with Crippen LogP contribution in [-0.2, 0) is 4.74 Å². The molecule has 1 aliphatic rings. The standard InChI is InChI=1S/C17H28O2/c1-6-19-13-12-17(5,18)11-9-15-14(2)8-7-10-16(15,3)4/h9,11-13,18H,6-8,10H2,1-5H3/b11-9+,13-12-. The highest BCUT2D eigenvalue weighted by atomic mass is 16.5. The zero-order valence-electron chi connectivity index (χ0n) is 13.0. The maximum absolute atomic E-state index is 10.3. The molecular formula is C17H28O2. The minimum Gasteiger partial charge on any atom is -0.502 e. The first-order valence-corrected chi connectivity index (χ1v) is 7.19. The van der Waals surface area contributed by atoms with Crippen LogP contribution >= 0.6 is 0 Å². The van der Waals surface area contributed by atoms with Crippen molar-refractivity contribution in [3.63, 3.8) is 0 Å². The smallest absolute Gasteiger partial charge is 0.102 e. The summed E-state index contributed by atoms with van der Waals surface area (Å²) < 4.78 is 5.14. The molecular weight excluding hydrogens is 236 g/mol. The van der Waals surface area contributed by atoms with E-state index in [2.05, 4.69) is 26.8 Å². The summed E-state index contributed by atoms with van der Waals surface area (Å²) in [5.41, 5.74) is 2.05. The molecule has 0 bridgehead atoms. The molecule has 0 heterocycles. The van der Waals surface area contributed by atoms with Crippen LogP contribution in [0.2, 0.25) is 0 Å². The van der Waals surface area contributed by atoms with E-state index >= 15 is 0 Å². The summed E-state index contributed by atoms with van der Waals surface area (Å²) in [4.78, 5) is 0. The highest BCUT2D eigenvalue weighted by Crippen LogP contribution is 2.40. The first-order chi connectivity index (χ1) is 8.78. The SMILES string of the molecule is CCO/C=C\C(C)(O)/C=C/C1=C(C)CCCC1(C)C. The molecule has 0 saturated carbocycles. The molecule has 108 valence electrons. The molecule has 0 aromatic heterocycles. The molecule has 0 aliphatic heterocycles. The summed E-state index contributed by atoms with van der Waals surface area (Å²) in [5, 5.41) is 10.3. The molecule has 0 spiro atoms. The van der Waals surface area contributed by atoms with Gasteiger partial charge in [-0.2, -0.15) is 0 Å². The lowest BCUT2D eigenvalue weighted by molar-refractivity contribution is 0.157. The number of ether oxygens (including phenoxy) is 1. The van der Waals surface area contributed by atoms with E-state index in [0.717, 1.165) is 0 Å². The summed E-state index contributed by atoms with van der Waals surface area (Å²) in [5.74, 6) is 0. The van der Waals surface area contributed by atoms with Gasteiger partial charge in [-0.05, 0) is 63.2 Å². The second kappa shape index (κ2) is 6.42. The lowest BCUT2D eigenvalue weighted by Crippen LogP contribution is -2.21. The van der Waals surface area contributed by atoms with E-state index < -0.39 is 5.60 Å². The fourth-order valence-electron chi connectivity index (χ4n) is 2.60. The minimum absolute atomic E-state index is 0.207. The van der Waals surface area contributed by atoms with Crippen LogP contribution in [-0.4, -0.2) is 17.3 Å². The van der Waals surface area contributed by atoms with Gasteiger partial charge in [0.1, 0.15) is 5.60 Å². The molecule has 1 aliphatic carbocycles. The quantitative estimate of drug-likeness (QED) is 0.747. The number of aliphatic hydroxyl groups is 1. The number of rotatable bonds is 5. The normalized spacial score (nSPS) is 23.1. The van der Waals surface area contributed by atoms with Crippen molar-refractivity contribution in [3.05, 3.63) is 35.6 Å². The monoisotopic (exact) mass is 264 g/mol. The Kier molecular flexibility index (Phi) is 5.42. The van der Waals surface area contributed by atoms with Crippen LogP contribution in [0.3, 0.4) is 0 Å². The van der Waals surface area contributed by atoms with E-state index in [4.69, 9.17) is 4.74 Å². The van der Waals surface area contributed by atoms with E-state index in [1.165, 1.54) is 30.4 Å². The van der Waals surface area contributed by atoms with Crippen molar-refractivity contribution in [1.29, 1.82) is 0 Å². The Bertz CT molecular complexity index is 384. The minimum atomic E-state index is -0.962. The second-order valence-electron chi connectivity index (χ2n) is 6.25. The first-order valence-electron chi connectivity index (χ1n) is 7.19.